The van der Waals surface area contributed by atoms with E-state index < -0.39 is 12.5 Å². The summed E-state index contributed by atoms with van der Waals surface area (Å²) < 4.78 is 26.2. The Kier molecular flexibility index (Phi) is 4.47. The molecular formula is C12H17F2N3O2. The van der Waals surface area contributed by atoms with Crippen molar-refractivity contribution in [2.75, 3.05) is 13.1 Å². The van der Waals surface area contributed by atoms with Crippen LogP contribution in [0.4, 0.5) is 8.78 Å². The minimum atomic E-state index is -2.59. The monoisotopic (exact) mass is 273 g/mol. The Morgan fingerprint density at radius 3 is 3.05 bits per heavy atom. The molecular weight excluding hydrogens is 256 g/mol. The van der Waals surface area contributed by atoms with Crippen LogP contribution < -0.4 is 0 Å². The van der Waals surface area contributed by atoms with Crippen molar-refractivity contribution in [1.29, 1.82) is 0 Å². The van der Waals surface area contributed by atoms with Crippen molar-refractivity contribution in [1.82, 2.24) is 14.5 Å². The van der Waals surface area contributed by atoms with Gasteiger partial charge in [-0.3, -0.25) is 14.3 Å². The minimum Gasteiger partial charge on any atom is -0.481 e. The lowest BCUT2D eigenvalue weighted by Crippen LogP contribution is -2.36. The number of aliphatic carboxylic acids is 1. The van der Waals surface area contributed by atoms with Crippen molar-refractivity contribution in [3.63, 3.8) is 0 Å². The Balaban J connectivity index is 1.95. The Morgan fingerprint density at radius 1 is 1.58 bits per heavy atom. The van der Waals surface area contributed by atoms with Crippen LogP contribution in [0, 0.1) is 5.92 Å². The van der Waals surface area contributed by atoms with Crippen molar-refractivity contribution in [3.05, 3.63) is 18.2 Å². The number of carboxylic acids is 1. The van der Waals surface area contributed by atoms with E-state index in [0.29, 0.717) is 18.9 Å². The van der Waals surface area contributed by atoms with E-state index in [1.54, 1.807) is 0 Å². The average Bonchev–Trinajstić information content (AvgIpc) is 2.76. The van der Waals surface area contributed by atoms with Gasteiger partial charge in [0.15, 0.2) is 0 Å². The first-order valence-corrected chi connectivity index (χ1v) is 6.30. The molecule has 1 unspecified atom stereocenters. The van der Waals surface area contributed by atoms with E-state index in [2.05, 4.69) is 4.98 Å². The van der Waals surface area contributed by atoms with E-state index in [1.165, 1.54) is 12.4 Å². The van der Waals surface area contributed by atoms with Gasteiger partial charge in [0.1, 0.15) is 5.82 Å². The number of carboxylic acid groups (broad SMARTS) is 1. The predicted octanol–water partition coefficient (Wildman–Crippen LogP) is 1.96. The van der Waals surface area contributed by atoms with Crippen molar-refractivity contribution >= 4 is 5.97 Å². The first-order chi connectivity index (χ1) is 9.06. The Morgan fingerprint density at radius 2 is 2.37 bits per heavy atom. The zero-order valence-corrected chi connectivity index (χ0v) is 10.5. The smallest absolute Gasteiger partial charge is 0.319 e. The van der Waals surface area contributed by atoms with Gasteiger partial charge >= 0.3 is 12.5 Å². The number of rotatable bonds is 5. The van der Waals surface area contributed by atoms with Gasteiger partial charge in [-0.05, 0) is 25.3 Å². The predicted molar refractivity (Wildman–Crippen MR) is 63.7 cm³/mol. The van der Waals surface area contributed by atoms with Gasteiger partial charge in [-0.25, -0.2) is 4.98 Å². The molecule has 1 aromatic heterocycles. The van der Waals surface area contributed by atoms with E-state index in [4.69, 9.17) is 5.11 Å². The van der Waals surface area contributed by atoms with Crippen molar-refractivity contribution in [2.24, 2.45) is 5.92 Å². The maximum atomic E-state index is 12.7. The highest BCUT2D eigenvalue weighted by Gasteiger charge is 2.23. The van der Waals surface area contributed by atoms with Crippen molar-refractivity contribution in [2.45, 2.75) is 32.4 Å². The highest BCUT2D eigenvalue weighted by Crippen LogP contribution is 2.22. The highest BCUT2D eigenvalue weighted by atomic mass is 19.3. The van der Waals surface area contributed by atoms with E-state index in [1.807, 2.05) is 4.90 Å². The molecule has 2 heterocycles. The van der Waals surface area contributed by atoms with Crippen LogP contribution in [-0.4, -0.2) is 38.6 Å². The molecule has 0 radical (unpaired) electrons. The van der Waals surface area contributed by atoms with Crippen LogP contribution in [0.1, 0.15) is 31.6 Å². The Bertz CT molecular complexity index is 436. The Hall–Kier alpha value is -1.50. The first-order valence-electron chi connectivity index (χ1n) is 6.30. The molecule has 7 heteroatoms. The number of hydrogen-bond acceptors (Lipinski definition) is 3. The van der Waals surface area contributed by atoms with Gasteiger partial charge in [0.05, 0.1) is 6.54 Å². The second kappa shape index (κ2) is 6.10. The van der Waals surface area contributed by atoms with Crippen LogP contribution >= 0.6 is 0 Å². The van der Waals surface area contributed by atoms with Gasteiger partial charge in [-0.15, -0.1) is 0 Å². The fourth-order valence-corrected chi connectivity index (χ4v) is 2.55. The molecule has 0 bridgehead atoms. The normalized spacial score (nSPS) is 20.9. The molecule has 106 valence electrons. The van der Waals surface area contributed by atoms with E-state index in [9.17, 15) is 13.6 Å². The lowest BCUT2D eigenvalue weighted by Gasteiger charge is -2.31. The number of carbonyl (C=O) groups is 1. The van der Waals surface area contributed by atoms with Crippen LogP contribution in [0.15, 0.2) is 12.4 Å². The third-order valence-electron chi connectivity index (χ3n) is 3.39. The van der Waals surface area contributed by atoms with Gasteiger partial charge in [0.25, 0.3) is 0 Å². The molecule has 2 rings (SSSR count). The quantitative estimate of drug-likeness (QED) is 0.891. The molecule has 5 nitrogen and oxygen atoms in total. The van der Waals surface area contributed by atoms with Crippen LogP contribution in [0.5, 0.6) is 0 Å². The maximum absolute atomic E-state index is 12.7. The molecule has 0 aromatic carbocycles. The van der Waals surface area contributed by atoms with E-state index >= 15 is 0 Å². The number of likely N-dealkylation sites (tertiary alicyclic amines) is 1. The highest BCUT2D eigenvalue weighted by molar-refractivity contribution is 5.67. The molecule has 0 amide bonds. The SMILES string of the molecule is O=C(O)CC1CCCN(Cc2nccn2C(F)F)C1. The lowest BCUT2D eigenvalue weighted by atomic mass is 9.95. The van der Waals surface area contributed by atoms with Crippen LogP contribution in [0.2, 0.25) is 0 Å². The first kappa shape index (κ1) is 13.9. The summed E-state index contributed by atoms with van der Waals surface area (Å²) in [6, 6.07) is 0. The van der Waals surface area contributed by atoms with Crippen LogP contribution in [0.25, 0.3) is 0 Å². The molecule has 0 aliphatic carbocycles. The number of imidazole rings is 1. The zero-order chi connectivity index (χ0) is 13.8. The molecule has 1 aliphatic heterocycles. The van der Waals surface area contributed by atoms with E-state index in [0.717, 1.165) is 24.0 Å². The molecule has 1 N–H and O–H groups in total. The molecule has 1 fully saturated rings. The van der Waals surface area contributed by atoms with Crippen LogP contribution in [0.3, 0.4) is 0 Å². The molecule has 1 aliphatic rings. The maximum Gasteiger partial charge on any atom is 0.319 e. The minimum absolute atomic E-state index is 0.0983. The fraction of sp³-hybridized carbons (Fsp3) is 0.667. The Labute approximate surface area is 109 Å². The summed E-state index contributed by atoms with van der Waals surface area (Å²) in [5, 5.41) is 8.79. The summed E-state index contributed by atoms with van der Waals surface area (Å²) in [4.78, 5) is 16.6. The number of halogens is 2. The molecule has 19 heavy (non-hydrogen) atoms. The summed E-state index contributed by atoms with van der Waals surface area (Å²) in [6.07, 6.45) is 4.54. The molecule has 1 saturated heterocycles. The fourth-order valence-electron chi connectivity index (χ4n) is 2.55. The van der Waals surface area contributed by atoms with Gasteiger partial charge in [-0.1, -0.05) is 0 Å². The number of hydrogen-bond donors (Lipinski definition) is 1. The van der Waals surface area contributed by atoms with Gasteiger partial charge in [-0.2, -0.15) is 8.78 Å². The van der Waals surface area contributed by atoms with Gasteiger partial charge in [0.2, 0.25) is 0 Å². The summed E-state index contributed by atoms with van der Waals surface area (Å²) in [7, 11) is 0. The molecule has 1 atom stereocenters. The largest absolute Gasteiger partial charge is 0.481 e. The average molecular weight is 273 g/mol. The molecule has 0 saturated carbocycles. The van der Waals surface area contributed by atoms with Gasteiger partial charge in [0, 0.05) is 25.4 Å². The number of aromatic nitrogens is 2. The molecule has 0 spiro atoms. The van der Waals surface area contributed by atoms with Crippen molar-refractivity contribution < 1.29 is 18.7 Å². The topological polar surface area (TPSA) is 58.4 Å². The summed E-state index contributed by atoms with van der Waals surface area (Å²) >= 11 is 0. The van der Waals surface area contributed by atoms with Crippen LogP contribution in [-0.2, 0) is 11.3 Å². The zero-order valence-electron chi connectivity index (χ0n) is 10.5. The summed E-state index contributed by atoms with van der Waals surface area (Å²) in [6.45, 7) is -0.820. The number of piperidine rings is 1. The number of nitrogens with zero attached hydrogens (tertiary/aromatic N) is 3. The third kappa shape index (κ3) is 3.73. The second-order valence-electron chi connectivity index (χ2n) is 4.87. The molecule has 1 aromatic rings. The lowest BCUT2D eigenvalue weighted by molar-refractivity contribution is -0.138. The second-order valence-corrected chi connectivity index (χ2v) is 4.87. The van der Waals surface area contributed by atoms with Gasteiger partial charge < -0.3 is 5.11 Å². The number of alkyl halides is 2. The summed E-state index contributed by atoms with van der Waals surface area (Å²) in [5.74, 6) is -0.381. The summed E-state index contributed by atoms with van der Waals surface area (Å²) in [5.41, 5.74) is 0. The van der Waals surface area contributed by atoms with Crippen molar-refractivity contribution in [3.8, 4) is 0 Å². The van der Waals surface area contributed by atoms with E-state index in [-0.39, 0.29) is 12.3 Å². The standard InChI is InChI=1S/C12H17F2N3O2/c13-12(14)17-5-3-15-10(17)8-16-4-1-2-9(7-16)6-11(18)19/h3,5,9,12H,1-2,4,6-8H2,(H,18,19). The third-order valence-corrected chi connectivity index (χ3v) is 3.39.